The summed E-state index contributed by atoms with van der Waals surface area (Å²) in [6.07, 6.45) is 2.55. The fraction of sp³-hybridized carbons (Fsp3) is 0.273. The van der Waals surface area contributed by atoms with Crippen LogP contribution in [-0.2, 0) is 14.8 Å². The van der Waals surface area contributed by atoms with Gasteiger partial charge in [-0.3, -0.25) is 4.98 Å². The molecule has 0 spiro atoms. The SMILES string of the molecule is CC(C)(C)OC(=O)NC(CNS(=O)(=O)c1cccc2cnccc12)c1ccccc1. The van der Waals surface area contributed by atoms with E-state index in [0.717, 1.165) is 10.9 Å². The van der Waals surface area contributed by atoms with Crippen molar-refractivity contribution in [2.45, 2.75) is 37.3 Å². The summed E-state index contributed by atoms with van der Waals surface area (Å²) in [5.74, 6) is 0. The number of hydrogen-bond acceptors (Lipinski definition) is 5. The van der Waals surface area contributed by atoms with E-state index in [1.165, 1.54) is 0 Å². The van der Waals surface area contributed by atoms with Gasteiger partial charge >= 0.3 is 6.09 Å². The summed E-state index contributed by atoms with van der Waals surface area (Å²) in [7, 11) is -3.83. The fourth-order valence-corrected chi connectivity index (χ4v) is 4.26. The number of pyridine rings is 1. The summed E-state index contributed by atoms with van der Waals surface area (Å²) in [5.41, 5.74) is 0.0927. The standard InChI is InChI=1S/C22H25N3O4S/c1-22(2,3)29-21(26)25-19(16-8-5-4-6-9-16)15-24-30(27,28)20-11-7-10-17-14-23-13-12-18(17)20/h4-14,19,24H,15H2,1-3H3,(H,25,26). The highest BCUT2D eigenvalue weighted by atomic mass is 32.2. The van der Waals surface area contributed by atoms with Crippen LogP contribution in [0.15, 0.2) is 71.9 Å². The van der Waals surface area contributed by atoms with Crippen LogP contribution in [0.25, 0.3) is 10.8 Å². The minimum Gasteiger partial charge on any atom is -0.444 e. The van der Waals surface area contributed by atoms with Crippen LogP contribution in [0.3, 0.4) is 0 Å². The maximum absolute atomic E-state index is 13.0. The van der Waals surface area contributed by atoms with E-state index in [0.29, 0.717) is 5.39 Å². The van der Waals surface area contributed by atoms with Gasteiger partial charge in [-0.2, -0.15) is 0 Å². The van der Waals surface area contributed by atoms with Crippen molar-refractivity contribution in [3.8, 4) is 0 Å². The molecular weight excluding hydrogens is 402 g/mol. The van der Waals surface area contributed by atoms with Gasteiger partial charge in [-0.05, 0) is 38.5 Å². The average Bonchev–Trinajstić information content (AvgIpc) is 2.70. The quantitative estimate of drug-likeness (QED) is 0.624. The lowest BCUT2D eigenvalue weighted by molar-refractivity contribution is 0.0504. The molecule has 30 heavy (non-hydrogen) atoms. The molecule has 0 bridgehead atoms. The number of hydrogen-bond donors (Lipinski definition) is 2. The zero-order valence-corrected chi connectivity index (χ0v) is 17.9. The molecule has 158 valence electrons. The first-order valence-electron chi connectivity index (χ1n) is 9.52. The monoisotopic (exact) mass is 427 g/mol. The third kappa shape index (κ3) is 5.55. The summed E-state index contributed by atoms with van der Waals surface area (Å²) in [5, 5.41) is 4.06. The van der Waals surface area contributed by atoms with Gasteiger partial charge in [0.1, 0.15) is 5.60 Å². The van der Waals surface area contributed by atoms with Crippen molar-refractivity contribution in [2.24, 2.45) is 0 Å². The number of carbonyl (C=O) groups excluding carboxylic acids is 1. The Kier molecular flexibility index (Phi) is 6.38. The van der Waals surface area contributed by atoms with Crippen LogP contribution >= 0.6 is 0 Å². The van der Waals surface area contributed by atoms with Gasteiger partial charge in [-0.1, -0.05) is 42.5 Å². The predicted molar refractivity (Wildman–Crippen MR) is 115 cm³/mol. The minimum atomic E-state index is -3.83. The zero-order valence-electron chi connectivity index (χ0n) is 17.1. The molecule has 0 saturated heterocycles. The van der Waals surface area contributed by atoms with Gasteiger partial charge in [0, 0.05) is 29.7 Å². The second-order valence-electron chi connectivity index (χ2n) is 7.81. The second kappa shape index (κ2) is 8.81. The molecule has 8 heteroatoms. The third-order valence-electron chi connectivity index (χ3n) is 4.30. The Hall–Kier alpha value is -2.97. The number of fused-ring (bicyclic) bond motifs is 1. The number of nitrogens with zero attached hydrogens (tertiary/aromatic N) is 1. The number of sulfonamides is 1. The van der Waals surface area contributed by atoms with E-state index in [1.807, 2.05) is 30.3 Å². The van der Waals surface area contributed by atoms with Crippen LogP contribution in [-0.4, -0.2) is 31.6 Å². The second-order valence-corrected chi connectivity index (χ2v) is 9.55. The number of carbonyl (C=O) groups is 1. The van der Waals surface area contributed by atoms with Crippen molar-refractivity contribution < 1.29 is 17.9 Å². The lowest BCUT2D eigenvalue weighted by Gasteiger charge is -2.24. The largest absolute Gasteiger partial charge is 0.444 e. The first-order chi connectivity index (χ1) is 14.2. The molecule has 1 atom stereocenters. The van der Waals surface area contributed by atoms with Crippen molar-refractivity contribution in [1.82, 2.24) is 15.0 Å². The van der Waals surface area contributed by atoms with E-state index in [2.05, 4.69) is 15.0 Å². The minimum absolute atomic E-state index is 0.0347. The van der Waals surface area contributed by atoms with Crippen molar-refractivity contribution in [3.05, 3.63) is 72.6 Å². The Labute approximate surface area is 176 Å². The van der Waals surface area contributed by atoms with Gasteiger partial charge in [-0.25, -0.2) is 17.9 Å². The molecule has 0 aliphatic heterocycles. The summed E-state index contributed by atoms with van der Waals surface area (Å²) in [6.45, 7) is 5.26. The Morgan fingerprint density at radius 2 is 1.80 bits per heavy atom. The van der Waals surface area contributed by atoms with Gasteiger partial charge in [0.15, 0.2) is 0 Å². The average molecular weight is 428 g/mol. The number of ether oxygens (including phenoxy) is 1. The molecule has 1 aromatic heterocycles. The highest BCUT2D eigenvalue weighted by Crippen LogP contribution is 2.22. The molecule has 1 amide bonds. The van der Waals surface area contributed by atoms with Crippen molar-refractivity contribution >= 4 is 26.9 Å². The number of aromatic nitrogens is 1. The van der Waals surface area contributed by atoms with E-state index < -0.39 is 27.8 Å². The molecule has 0 fully saturated rings. The Morgan fingerprint density at radius 1 is 1.07 bits per heavy atom. The van der Waals surface area contributed by atoms with Gasteiger partial charge in [0.25, 0.3) is 0 Å². The number of amides is 1. The van der Waals surface area contributed by atoms with E-state index in [4.69, 9.17) is 4.74 Å². The number of rotatable bonds is 6. The number of alkyl carbamates (subject to hydrolysis) is 1. The summed E-state index contributed by atoms with van der Waals surface area (Å²) in [4.78, 5) is 16.5. The predicted octanol–water partition coefficient (Wildman–Crippen LogP) is 3.78. The van der Waals surface area contributed by atoms with Gasteiger partial charge in [-0.15, -0.1) is 0 Å². The highest BCUT2D eigenvalue weighted by molar-refractivity contribution is 7.89. The van der Waals surface area contributed by atoms with Crippen LogP contribution in [0, 0.1) is 0 Å². The van der Waals surface area contributed by atoms with E-state index in [1.54, 1.807) is 57.4 Å². The molecular formula is C22H25N3O4S. The van der Waals surface area contributed by atoms with Crippen LogP contribution in [0.4, 0.5) is 4.79 Å². The van der Waals surface area contributed by atoms with Gasteiger partial charge in [0.2, 0.25) is 10.0 Å². The molecule has 2 aromatic carbocycles. The first kappa shape index (κ1) is 21.7. The van der Waals surface area contributed by atoms with E-state index >= 15 is 0 Å². The molecule has 3 aromatic rings. The summed E-state index contributed by atoms with van der Waals surface area (Å²) >= 11 is 0. The zero-order chi connectivity index (χ0) is 21.8. The van der Waals surface area contributed by atoms with E-state index in [-0.39, 0.29) is 11.4 Å². The third-order valence-corrected chi connectivity index (χ3v) is 5.78. The molecule has 1 unspecified atom stereocenters. The van der Waals surface area contributed by atoms with Crippen LogP contribution in [0.1, 0.15) is 32.4 Å². The topological polar surface area (TPSA) is 97.4 Å². The lowest BCUT2D eigenvalue weighted by atomic mass is 10.1. The summed E-state index contributed by atoms with van der Waals surface area (Å²) < 4.78 is 34.0. The fourth-order valence-electron chi connectivity index (χ4n) is 2.99. The van der Waals surface area contributed by atoms with Crippen LogP contribution < -0.4 is 10.0 Å². The van der Waals surface area contributed by atoms with Gasteiger partial charge < -0.3 is 10.1 Å². The van der Waals surface area contributed by atoms with Crippen LogP contribution in [0.5, 0.6) is 0 Å². The Bertz CT molecular complexity index is 1120. The normalized spacial score (nSPS) is 13.0. The Balaban J connectivity index is 1.83. The van der Waals surface area contributed by atoms with E-state index in [9.17, 15) is 13.2 Å². The van der Waals surface area contributed by atoms with Crippen molar-refractivity contribution in [2.75, 3.05) is 6.54 Å². The molecule has 1 heterocycles. The number of nitrogens with one attached hydrogen (secondary N) is 2. The maximum atomic E-state index is 13.0. The van der Waals surface area contributed by atoms with Crippen LogP contribution in [0.2, 0.25) is 0 Å². The summed E-state index contributed by atoms with van der Waals surface area (Å²) in [6, 6.07) is 15.2. The molecule has 0 radical (unpaired) electrons. The highest BCUT2D eigenvalue weighted by Gasteiger charge is 2.23. The maximum Gasteiger partial charge on any atom is 0.408 e. The molecule has 0 aliphatic rings. The smallest absolute Gasteiger partial charge is 0.408 e. The molecule has 3 rings (SSSR count). The molecule has 7 nitrogen and oxygen atoms in total. The number of benzene rings is 2. The Morgan fingerprint density at radius 3 is 2.50 bits per heavy atom. The van der Waals surface area contributed by atoms with Crippen molar-refractivity contribution in [1.29, 1.82) is 0 Å². The van der Waals surface area contributed by atoms with Gasteiger partial charge in [0.05, 0.1) is 10.9 Å². The molecule has 0 aliphatic carbocycles. The first-order valence-corrected chi connectivity index (χ1v) is 11.0. The van der Waals surface area contributed by atoms with Crippen molar-refractivity contribution in [3.63, 3.8) is 0 Å². The molecule has 0 saturated carbocycles. The lowest BCUT2D eigenvalue weighted by Crippen LogP contribution is -2.40. The molecule has 2 N–H and O–H groups in total.